The van der Waals surface area contributed by atoms with Crippen LogP contribution in [0.5, 0.6) is 0 Å². The van der Waals surface area contributed by atoms with Crippen molar-refractivity contribution in [1.29, 1.82) is 0 Å². The zero-order chi connectivity index (χ0) is 14.5. The number of nitrogens with one attached hydrogen (secondary N) is 1. The Kier molecular flexibility index (Phi) is 6.31. The third-order valence-electron chi connectivity index (χ3n) is 3.03. The monoisotopic (exact) mass is 283 g/mol. The highest BCUT2D eigenvalue weighted by molar-refractivity contribution is 6.31. The van der Waals surface area contributed by atoms with E-state index in [1.54, 1.807) is 0 Å². The average Bonchev–Trinajstić information content (AvgIpc) is 2.28. The van der Waals surface area contributed by atoms with Crippen LogP contribution in [0, 0.1) is 13.8 Å². The van der Waals surface area contributed by atoms with Crippen molar-refractivity contribution in [2.75, 3.05) is 19.8 Å². The van der Waals surface area contributed by atoms with Gasteiger partial charge in [0.15, 0.2) is 0 Å². The highest BCUT2D eigenvalue weighted by Gasteiger charge is 2.07. The van der Waals surface area contributed by atoms with Crippen LogP contribution in [0.25, 0.3) is 0 Å². The Balaban J connectivity index is 2.28. The van der Waals surface area contributed by atoms with Crippen LogP contribution in [0.3, 0.4) is 0 Å². The Morgan fingerprint density at radius 1 is 1.11 bits per heavy atom. The van der Waals surface area contributed by atoms with Crippen molar-refractivity contribution in [2.45, 2.75) is 46.6 Å². The molecule has 0 heterocycles. The molecule has 0 spiro atoms. The number of benzene rings is 1. The molecule has 0 aliphatic rings. The van der Waals surface area contributed by atoms with Crippen molar-refractivity contribution in [3.8, 4) is 0 Å². The second-order valence-electron chi connectivity index (χ2n) is 6.07. The molecule has 0 unspecified atom stereocenters. The van der Waals surface area contributed by atoms with E-state index in [4.69, 9.17) is 16.3 Å². The summed E-state index contributed by atoms with van der Waals surface area (Å²) < 4.78 is 5.66. The first kappa shape index (κ1) is 16.5. The van der Waals surface area contributed by atoms with E-state index in [1.165, 1.54) is 11.1 Å². The van der Waals surface area contributed by atoms with Gasteiger partial charge in [-0.1, -0.05) is 17.7 Å². The number of rotatable bonds is 6. The molecule has 0 bridgehead atoms. The average molecular weight is 284 g/mol. The molecule has 0 atom stereocenters. The van der Waals surface area contributed by atoms with Crippen LogP contribution in [-0.4, -0.2) is 25.3 Å². The van der Waals surface area contributed by atoms with Crippen molar-refractivity contribution in [3.63, 3.8) is 0 Å². The van der Waals surface area contributed by atoms with Crippen molar-refractivity contribution >= 4 is 11.6 Å². The van der Waals surface area contributed by atoms with Gasteiger partial charge in [0.05, 0.1) is 13.2 Å². The summed E-state index contributed by atoms with van der Waals surface area (Å²) in [4.78, 5) is 0. The van der Waals surface area contributed by atoms with Crippen LogP contribution in [-0.2, 0) is 11.2 Å². The molecule has 1 rings (SSSR count). The molecule has 0 fully saturated rings. The summed E-state index contributed by atoms with van der Waals surface area (Å²) in [5, 5.41) is 4.25. The largest absolute Gasteiger partial charge is 0.380 e. The van der Waals surface area contributed by atoms with E-state index in [0.29, 0.717) is 0 Å². The predicted octanol–water partition coefficient (Wildman–Crippen LogP) is 3.90. The third kappa shape index (κ3) is 6.42. The molecule has 2 nitrogen and oxygen atoms in total. The molecule has 0 aromatic heterocycles. The van der Waals surface area contributed by atoms with Gasteiger partial charge in [0.2, 0.25) is 0 Å². The lowest BCUT2D eigenvalue weighted by molar-refractivity contribution is 0.133. The fourth-order valence-corrected chi connectivity index (χ4v) is 2.11. The Bertz CT molecular complexity index is 410. The zero-order valence-corrected chi connectivity index (χ0v) is 13.5. The third-order valence-corrected chi connectivity index (χ3v) is 3.44. The summed E-state index contributed by atoms with van der Waals surface area (Å²) in [6, 6.07) is 4.20. The fourth-order valence-electron chi connectivity index (χ4n) is 1.89. The Morgan fingerprint density at radius 2 is 1.79 bits per heavy atom. The minimum absolute atomic E-state index is 0.160. The van der Waals surface area contributed by atoms with Crippen LogP contribution >= 0.6 is 11.6 Å². The molecule has 0 saturated carbocycles. The molecule has 0 saturated heterocycles. The van der Waals surface area contributed by atoms with Crippen LogP contribution < -0.4 is 5.32 Å². The first-order chi connectivity index (χ1) is 8.79. The number of ether oxygens (including phenoxy) is 1. The predicted molar refractivity (Wildman–Crippen MR) is 83.2 cm³/mol. The highest BCUT2D eigenvalue weighted by Crippen LogP contribution is 2.20. The quantitative estimate of drug-likeness (QED) is 0.800. The molecule has 1 N–H and O–H groups in total. The van der Waals surface area contributed by atoms with Crippen molar-refractivity contribution < 1.29 is 4.74 Å². The van der Waals surface area contributed by atoms with Gasteiger partial charge < -0.3 is 10.1 Å². The summed E-state index contributed by atoms with van der Waals surface area (Å²) in [5.41, 5.74) is 3.86. The topological polar surface area (TPSA) is 21.3 Å². The van der Waals surface area contributed by atoms with Crippen molar-refractivity contribution in [2.24, 2.45) is 0 Å². The molecule has 108 valence electrons. The van der Waals surface area contributed by atoms with Gasteiger partial charge in [0.25, 0.3) is 0 Å². The van der Waals surface area contributed by atoms with E-state index < -0.39 is 0 Å². The Hall–Kier alpha value is -0.570. The van der Waals surface area contributed by atoms with Crippen LogP contribution in [0.4, 0.5) is 0 Å². The Morgan fingerprint density at radius 3 is 2.42 bits per heavy atom. The summed E-state index contributed by atoms with van der Waals surface area (Å²) in [6.45, 7) is 13.0. The maximum atomic E-state index is 6.09. The maximum Gasteiger partial charge on any atom is 0.0591 e. The normalized spacial score (nSPS) is 11.9. The first-order valence-electron chi connectivity index (χ1n) is 6.88. The van der Waals surface area contributed by atoms with Gasteiger partial charge in [-0.2, -0.15) is 0 Å². The second-order valence-corrected chi connectivity index (χ2v) is 6.47. The summed E-state index contributed by atoms with van der Waals surface area (Å²) >= 11 is 6.09. The van der Waals surface area contributed by atoms with E-state index in [9.17, 15) is 0 Å². The molecule has 0 radical (unpaired) electrons. The lowest BCUT2D eigenvalue weighted by Crippen LogP contribution is -2.38. The molecular formula is C16H26ClNO. The maximum absolute atomic E-state index is 6.09. The van der Waals surface area contributed by atoms with Crippen LogP contribution in [0.1, 0.15) is 37.5 Å². The van der Waals surface area contributed by atoms with E-state index >= 15 is 0 Å². The standard InChI is InChI=1S/C16H26ClNO/c1-12-11-15(17)13(2)10-14(12)6-8-19-9-7-18-16(3,4)5/h10-11,18H,6-9H2,1-5H3. The van der Waals surface area contributed by atoms with E-state index in [-0.39, 0.29) is 5.54 Å². The van der Waals surface area contributed by atoms with Gasteiger partial charge >= 0.3 is 0 Å². The van der Waals surface area contributed by atoms with Gasteiger partial charge in [0, 0.05) is 17.1 Å². The molecule has 0 aliphatic heterocycles. The number of aryl methyl sites for hydroxylation is 2. The van der Waals surface area contributed by atoms with Crippen molar-refractivity contribution in [3.05, 3.63) is 33.8 Å². The summed E-state index contributed by atoms with van der Waals surface area (Å²) in [6.07, 6.45) is 0.944. The number of hydrogen-bond donors (Lipinski definition) is 1. The zero-order valence-electron chi connectivity index (χ0n) is 12.8. The van der Waals surface area contributed by atoms with E-state index in [2.05, 4.69) is 39.1 Å². The first-order valence-corrected chi connectivity index (χ1v) is 7.26. The van der Waals surface area contributed by atoms with Crippen LogP contribution in [0.2, 0.25) is 5.02 Å². The number of hydrogen-bond acceptors (Lipinski definition) is 2. The van der Waals surface area contributed by atoms with Crippen molar-refractivity contribution in [1.82, 2.24) is 5.32 Å². The van der Waals surface area contributed by atoms with Gasteiger partial charge in [0.1, 0.15) is 0 Å². The van der Waals surface area contributed by atoms with E-state index in [0.717, 1.165) is 36.8 Å². The molecule has 3 heteroatoms. The molecule has 19 heavy (non-hydrogen) atoms. The van der Waals surface area contributed by atoms with Gasteiger partial charge in [-0.05, 0) is 63.8 Å². The van der Waals surface area contributed by atoms with E-state index in [1.807, 2.05) is 13.0 Å². The highest BCUT2D eigenvalue weighted by atomic mass is 35.5. The fraction of sp³-hybridized carbons (Fsp3) is 0.625. The minimum atomic E-state index is 0.160. The number of halogens is 1. The SMILES string of the molecule is Cc1cc(CCOCCNC(C)(C)C)c(C)cc1Cl. The van der Waals surface area contributed by atoms with Gasteiger partial charge in [-0.25, -0.2) is 0 Å². The van der Waals surface area contributed by atoms with Crippen LogP contribution in [0.15, 0.2) is 12.1 Å². The summed E-state index contributed by atoms with van der Waals surface area (Å²) in [7, 11) is 0. The molecule has 1 aromatic carbocycles. The van der Waals surface area contributed by atoms with Gasteiger partial charge in [-0.3, -0.25) is 0 Å². The lowest BCUT2D eigenvalue weighted by atomic mass is 10.0. The second kappa shape index (κ2) is 7.28. The minimum Gasteiger partial charge on any atom is -0.380 e. The lowest BCUT2D eigenvalue weighted by Gasteiger charge is -2.20. The smallest absolute Gasteiger partial charge is 0.0591 e. The molecule has 1 aromatic rings. The molecule has 0 amide bonds. The van der Waals surface area contributed by atoms with Gasteiger partial charge in [-0.15, -0.1) is 0 Å². The Labute approximate surface area is 122 Å². The summed E-state index contributed by atoms with van der Waals surface area (Å²) in [5.74, 6) is 0. The molecular weight excluding hydrogens is 258 g/mol. The molecule has 0 aliphatic carbocycles.